The first-order valence-corrected chi connectivity index (χ1v) is 12.7. The minimum atomic E-state index is -0.481. The monoisotopic (exact) mass is 493 g/mol. The molecule has 9 heteroatoms. The number of hydrogen-bond donors (Lipinski definition) is 1. The van der Waals surface area contributed by atoms with Crippen LogP contribution in [0.2, 0.25) is 0 Å². The summed E-state index contributed by atoms with van der Waals surface area (Å²) in [6.45, 7) is 11.9. The van der Waals surface area contributed by atoms with Crippen LogP contribution in [-0.2, 0) is 11.3 Å². The Morgan fingerprint density at radius 2 is 1.97 bits per heavy atom. The molecule has 0 aliphatic heterocycles. The lowest BCUT2D eigenvalue weighted by molar-refractivity contribution is -0.115. The zero-order valence-electron chi connectivity index (χ0n) is 19.6. The molecule has 0 aliphatic rings. The Bertz CT molecular complexity index is 1400. The minimum absolute atomic E-state index is 0.117. The number of amides is 1. The van der Waals surface area contributed by atoms with Crippen molar-refractivity contribution in [1.29, 1.82) is 0 Å². The number of aryl methyl sites for hydroxylation is 1. The van der Waals surface area contributed by atoms with Crippen molar-refractivity contribution in [2.75, 3.05) is 5.32 Å². The third-order valence-electron chi connectivity index (χ3n) is 5.43. The molecule has 4 rings (SSSR count). The molecule has 0 bridgehead atoms. The third kappa shape index (κ3) is 4.58. The second-order valence-corrected chi connectivity index (χ2v) is 10.5. The highest BCUT2D eigenvalue weighted by molar-refractivity contribution is 8.00. The fraction of sp³-hybridized carbons (Fsp3) is 0.280. The zero-order valence-corrected chi connectivity index (χ0v) is 21.2. The van der Waals surface area contributed by atoms with Gasteiger partial charge in [-0.1, -0.05) is 48.2 Å². The van der Waals surface area contributed by atoms with Crippen LogP contribution in [0.1, 0.15) is 32.4 Å². The van der Waals surface area contributed by atoms with Crippen molar-refractivity contribution in [3.05, 3.63) is 71.2 Å². The first kappa shape index (κ1) is 24.0. The average Bonchev–Trinajstić information content (AvgIpc) is 3.41. The Kier molecular flexibility index (Phi) is 7.04. The van der Waals surface area contributed by atoms with Gasteiger partial charge in [0.1, 0.15) is 10.6 Å². The molecule has 1 amide bonds. The van der Waals surface area contributed by atoms with Crippen molar-refractivity contribution in [3.63, 3.8) is 0 Å². The second-order valence-electron chi connectivity index (χ2n) is 8.21. The summed E-state index contributed by atoms with van der Waals surface area (Å²) in [6.07, 6.45) is 3.33. The van der Waals surface area contributed by atoms with E-state index in [1.807, 2.05) is 51.1 Å². The van der Waals surface area contributed by atoms with E-state index in [9.17, 15) is 9.59 Å². The molecule has 7 nitrogen and oxygen atoms in total. The molecule has 0 saturated heterocycles. The van der Waals surface area contributed by atoms with Crippen molar-refractivity contribution >= 4 is 45.0 Å². The second kappa shape index (κ2) is 9.99. The number of thioether (sulfide) groups is 1. The van der Waals surface area contributed by atoms with Gasteiger partial charge in [0.15, 0.2) is 5.16 Å². The molecule has 3 aromatic heterocycles. The van der Waals surface area contributed by atoms with Gasteiger partial charge < -0.3 is 5.32 Å². The van der Waals surface area contributed by atoms with Crippen LogP contribution in [0, 0.1) is 6.92 Å². The average molecular weight is 494 g/mol. The fourth-order valence-electron chi connectivity index (χ4n) is 3.71. The van der Waals surface area contributed by atoms with Crippen LogP contribution >= 0.6 is 23.1 Å². The Balaban J connectivity index is 1.69. The molecule has 4 aromatic rings. The summed E-state index contributed by atoms with van der Waals surface area (Å²) in [4.78, 5) is 33.0. The highest BCUT2D eigenvalue weighted by Gasteiger charge is 2.23. The van der Waals surface area contributed by atoms with E-state index in [0.717, 1.165) is 16.0 Å². The van der Waals surface area contributed by atoms with E-state index < -0.39 is 5.25 Å². The molecule has 1 N–H and O–H groups in total. The van der Waals surface area contributed by atoms with Crippen LogP contribution in [0.15, 0.2) is 65.2 Å². The summed E-state index contributed by atoms with van der Waals surface area (Å²) >= 11 is 2.76. The maximum Gasteiger partial charge on any atom is 0.263 e. The topological polar surface area (TPSA) is 81.8 Å². The molecule has 3 heterocycles. The summed E-state index contributed by atoms with van der Waals surface area (Å²) in [5.41, 5.74) is 1.86. The van der Waals surface area contributed by atoms with Crippen LogP contribution in [0.5, 0.6) is 0 Å². The molecular formula is C25H27N5O2S2. The largest absolute Gasteiger partial charge is 0.310 e. The van der Waals surface area contributed by atoms with Gasteiger partial charge in [0.2, 0.25) is 5.91 Å². The predicted molar refractivity (Wildman–Crippen MR) is 141 cm³/mol. The van der Waals surface area contributed by atoms with Crippen molar-refractivity contribution in [3.8, 4) is 10.4 Å². The van der Waals surface area contributed by atoms with Crippen molar-refractivity contribution in [2.45, 2.75) is 50.7 Å². The molecule has 176 valence electrons. The molecule has 0 aliphatic carbocycles. The number of aromatic nitrogens is 4. The predicted octanol–water partition coefficient (Wildman–Crippen LogP) is 5.52. The highest BCUT2D eigenvalue weighted by atomic mass is 32.2. The molecular weight excluding hydrogens is 466 g/mol. The maximum atomic E-state index is 13.5. The standard InChI is InChI=1S/C25H27N5O2S2/c1-6-14-29-24(32)20-16(4)21(18-10-8-7-9-11-18)34-23(20)28-25(29)33-17(5)22(31)27-19-12-13-26-30(19)15(2)3/h6-13,15,17H,1,14H2,2-5H3,(H,27,31). The van der Waals surface area contributed by atoms with Gasteiger partial charge in [-0.15, -0.1) is 17.9 Å². The van der Waals surface area contributed by atoms with Gasteiger partial charge in [-0.2, -0.15) is 5.10 Å². The number of allylic oxidation sites excluding steroid dienone is 1. The highest BCUT2D eigenvalue weighted by Crippen LogP contribution is 2.37. The minimum Gasteiger partial charge on any atom is -0.310 e. The lowest BCUT2D eigenvalue weighted by Crippen LogP contribution is -2.27. The zero-order chi connectivity index (χ0) is 24.4. The van der Waals surface area contributed by atoms with Gasteiger partial charge in [0, 0.05) is 23.5 Å². The van der Waals surface area contributed by atoms with Gasteiger partial charge >= 0.3 is 0 Å². The number of carbonyl (C=O) groups is 1. The maximum absolute atomic E-state index is 13.5. The van der Waals surface area contributed by atoms with E-state index >= 15 is 0 Å². The normalized spacial score (nSPS) is 12.3. The van der Waals surface area contributed by atoms with Crippen LogP contribution < -0.4 is 10.9 Å². The number of rotatable bonds is 8. The lowest BCUT2D eigenvalue weighted by atomic mass is 10.1. The van der Waals surface area contributed by atoms with Crippen LogP contribution in [-0.4, -0.2) is 30.5 Å². The molecule has 1 unspecified atom stereocenters. The SMILES string of the molecule is C=CCn1c(SC(C)C(=O)Nc2ccnn2C(C)C)nc2sc(-c3ccccc3)c(C)c2c1=O. The molecule has 0 fully saturated rings. The van der Waals surface area contributed by atoms with Crippen LogP contribution in [0.4, 0.5) is 5.82 Å². The molecule has 34 heavy (non-hydrogen) atoms. The number of hydrogen-bond acceptors (Lipinski definition) is 6. The number of anilines is 1. The fourth-order valence-corrected chi connectivity index (χ4v) is 5.85. The smallest absolute Gasteiger partial charge is 0.263 e. The van der Waals surface area contributed by atoms with Gasteiger partial charge in [-0.25, -0.2) is 9.67 Å². The van der Waals surface area contributed by atoms with Crippen molar-refractivity contribution in [2.24, 2.45) is 0 Å². The van der Waals surface area contributed by atoms with E-state index in [-0.39, 0.29) is 17.5 Å². The van der Waals surface area contributed by atoms with Crippen LogP contribution in [0.25, 0.3) is 20.7 Å². The first-order valence-electron chi connectivity index (χ1n) is 11.0. The van der Waals surface area contributed by atoms with Crippen molar-refractivity contribution in [1.82, 2.24) is 19.3 Å². The summed E-state index contributed by atoms with van der Waals surface area (Å²) in [5, 5.41) is 7.83. The molecule has 1 aromatic carbocycles. The van der Waals surface area contributed by atoms with E-state index in [4.69, 9.17) is 4.98 Å². The summed E-state index contributed by atoms with van der Waals surface area (Å²) in [6, 6.07) is 11.9. The molecule has 0 radical (unpaired) electrons. The van der Waals surface area contributed by atoms with Crippen LogP contribution in [0.3, 0.4) is 0 Å². The number of benzene rings is 1. The van der Waals surface area contributed by atoms with Gasteiger partial charge in [0.25, 0.3) is 5.56 Å². The summed E-state index contributed by atoms with van der Waals surface area (Å²) in [5.74, 6) is 0.458. The van der Waals surface area contributed by atoms with E-state index in [1.165, 1.54) is 23.1 Å². The summed E-state index contributed by atoms with van der Waals surface area (Å²) in [7, 11) is 0. The Labute approximate surface area is 206 Å². The van der Waals surface area contributed by atoms with E-state index in [1.54, 1.807) is 34.5 Å². The Hall–Kier alpha value is -3.17. The third-order valence-corrected chi connectivity index (χ3v) is 7.75. The first-order chi connectivity index (χ1) is 16.3. The molecule has 0 saturated carbocycles. The van der Waals surface area contributed by atoms with Gasteiger partial charge in [-0.3, -0.25) is 14.2 Å². The number of fused-ring (bicyclic) bond motifs is 1. The molecule has 1 atom stereocenters. The molecule has 0 spiro atoms. The van der Waals surface area contributed by atoms with E-state index in [0.29, 0.717) is 27.7 Å². The number of thiophene rings is 1. The van der Waals surface area contributed by atoms with E-state index in [2.05, 4.69) is 17.0 Å². The van der Waals surface area contributed by atoms with Gasteiger partial charge in [0.05, 0.1) is 16.8 Å². The number of nitrogens with zero attached hydrogens (tertiary/aromatic N) is 4. The van der Waals surface area contributed by atoms with Gasteiger partial charge in [-0.05, 0) is 38.8 Å². The quantitative estimate of drug-likeness (QED) is 0.199. The Morgan fingerprint density at radius 1 is 1.24 bits per heavy atom. The number of carbonyl (C=O) groups excluding carboxylic acids is 1. The summed E-state index contributed by atoms with van der Waals surface area (Å²) < 4.78 is 3.35. The van der Waals surface area contributed by atoms with Crippen molar-refractivity contribution < 1.29 is 4.79 Å². The lowest BCUT2D eigenvalue weighted by Gasteiger charge is -2.16. The number of nitrogens with one attached hydrogen (secondary N) is 1. The Morgan fingerprint density at radius 3 is 2.65 bits per heavy atom.